The van der Waals surface area contributed by atoms with E-state index in [2.05, 4.69) is 22.0 Å². The molecule has 0 unspecified atom stereocenters. The predicted molar refractivity (Wildman–Crippen MR) is 91.3 cm³/mol. The molecule has 1 amide bonds. The zero-order valence-electron chi connectivity index (χ0n) is 14.4. The predicted octanol–water partition coefficient (Wildman–Crippen LogP) is 0.708. The second-order valence-corrected chi connectivity index (χ2v) is 6.26. The van der Waals surface area contributed by atoms with Gasteiger partial charge in [0.15, 0.2) is 0 Å². The van der Waals surface area contributed by atoms with Gasteiger partial charge in [-0.15, -0.1) is 0 Å². The second kappa shape index (κ2) is 8.06. The molecular formula is C17H23N5O3. The van der Waals surface area contributed by atoms with E-state index in [-0.39, 0.29) is 17.4 Å². The number of aromatic nitrogens is 4. The van der Waals surface area contributed by atoms with Gasteiger partial charge in [-0.05, 0) is 18.9 Å². The second-order valence-electron chi connectivity index (χ2n) is 6.26. The van der Waals surface area contributed by atoms with Crippen LogP contribution in [0.1, 0.15) is 29.5 Å². The molecule has 0 spiro atoms. The number of amides is 1. The van der Waals surface area contributed by atoms with Crippen LogP contribution in [-0.2, 0) is 17.7 Å². The van der Waals surface area contributed by atoms with Crippen LogP contribution in [0, 0.1) is 5.92 Å². The highest BCUT2D eigenvalue weighted by Gasteiger charge is 2.25. The Kier molecular flexibility index (Phi) is 5.60. The standard InChI is InChI=1S/C17H23N5O3/c1-2-4-22-5-3-15(20-22)17(24)21-6-7-25-11-13(10-21)8-14-9-16(23)19-12-18-14/h3,5,9,12-13H,2,4,6-8,10-11H2,1H3,(H,18,19,23)/t13-/m1/s1. The summed E-state index contributed by atoms with van der Waals surface area (Å²) in [6.07, 6.45) is 4.80. The number of nitrogens with zero attached hydrogens (tertiary/aromatic N) is 4. The van der Waals surface area contributed by atoms with Crippen molar-refractivity contribution in [3.8, 4) is 0 Å². The number of carbonyl (C=O) groups is 1. The number of ether oxygens (including phenoxy) is 1. The fraction of sp³-hybridized carbons (Fsp3) is 0.529. The smallest absolute Gasteiger partial charge is 0.274 e. The number of H-pyrrole nitrogens is 1. The third kappa shape index (κ3) is 4.54. The summed E-state index contributed by atoms with van der Waals surface area (Å²) in [4.78, 5) is 32.6. The van der Waals surface area contributed by atoms with Crippen molar-refractivity contribution < 1.29 is 9.53 Å². The van der Waals surface area contributed by atoms with E-state index in [0.29, 0.717) is 44.1 Å². The third-order valence-electron chi connectivity index (χ3n) is 4.17. The van der Waals surface area contributed by atoms with Crippen molar-refractivity contribution in [3.05, 3.63) is 46.4 Å². The fourth-order valence-corrected chi connectivity index (χ4v) is 3.00. The van der Waals surface area contributed by atoms with Crippen LogP contribution in [0.5, 0.6) is 0 Å². The van der Waals surface area contributed by atoms with E-state index in [1.165, 1.54) is 12.4 Å². The lowest BCUT2D eigenvalue weighted by molar-refractivity contribution is 0.0730. The molecule has 3 heterocycles. The van der Waals surface area contributed by atoms with Crippen molar-refractivity contribution >= 4 is 5.91 Å². The molecule has 1 fully saturated rings. The van der Waals surface area contributed by atoms with Gasteiger partial charge in [0, 0.05) is 43.5 Å². The van der Waals surface area contributed by atoms with Crippen LogP contribution in [-0.4, -0.2) is 56.9 Å². The minimum absolute atomic E-state index is 0.0794. The van der Waals surface area contributed by atoms with Crippen LogP contribution in [0.4, 0.5) is 0 Å². The molecule has 1 atom stereocenters. The van der Waals surface area contributed by atoms with Gasteiger partial charge in [0.25, 0.3) is 11.5 Å². The van der Waals surface area contributed by atoms with E-state index in [4.69, 9.17) is 4.74 Å². The van der Waals surface area contributed by atoms with Gasteiger partial charge in [0.1, 0.15) is 5.69 Å². The van der Waals surface area contributed by atoms with Crippen LogP contribution in [0.2, 0.25) is 0 Å². The zero-order valence-corrected chi connectivity index (χ0v) is 14.4. The number of aromatic amines is 1. The lowest BCUT2D eigenvalue weighted by Gasteiger charge is -2.22. The topological polar surface area (TPSA) is 93.1 Å². The monoisotopic (exact) mass is 345 g/mol. The molecule has 1 aliphatic heterocycles. The SMILES string of the molecule is CCCn1ccc(C(=O)N2CCOC[C@H](Cc3cc(=O)[nH]cn3)C2)n1. The minimum atomic E-state index is -0.172. The van der Waals surface area contributed by atoms with E-state index in [1.54, 1.807) is 15.6 Å². The van der Waals surface area contributed by atoms with E-state index >= 15 is 0 Å². The molecule has 0 radical (unpaired) electrons. The maximum Gasteiger partial charge on any atom is 0.274 e. The minimum Gasteiger partial charge on any atom is -0.379 e. The Morgan fingerprint density at radius 1 is 1.48 bits per heavy atom. The van der Waals surface area contributed by atoms with Gasteiger partial charge in [-0.25, -0.2) is 4.98 Å². The van der Waals surface area contributed by atoms with Gasteiger partial charge in [-0.3, -0.25) is 14.3 Å². The molecule has 1 N–H and O–H groups in total. The first kappa shape index (κ1) is 17.3. The molecule has 134 valence electrons. The van der Waals surface area contributed by atoms with E-state index < -0.39 is 0 Å². The van der Waals surface area contributed by atoms with Gasteiger partial charge in [-0.2, -0.15) is 5.10 Å². The first-order valence-corrected chi connectivity index (χ1v) is 8.59. The summed E-state index contributed by atoms with van der Waals surface area (Å²) in [5, 5.41) is 4.35. The Morgan fingerprint density at radius 2 is 2.36 bits per heavy atom. The highest BCUT2D eigenvalue weighted by atomic mass is 16.5. The number of carbonyl (C=O) groups excluding carboxylic acids is 1. The van der Waals surface area contributed by atoms with Crippen molar-refractivity contribution in [1.82, 2.24) is 24.6 Å². The van der Waals surface area contributed by atoms with Crippen LogP contribution < -0.4 is 5.56 Å². The van der Waals surface area contributed by atoms with Gasteiger partial charge >= 0.3 is 0 Å². The fourth-order valence-electron chi connectivity index (χ4n) is 3.00. The summed E-state index contributed by atoms with van der Waals surface area (Å²) < 4.78 is 7.43. The lowest BCUT2D eigenvalue weighted by Crippen LogP contribution is -2.36. The number of nitrogens with one attached hydrogen (secondary N) is 1. The molecule has 8 nitrogen and oxygen atoms in total. The Morgan fingerprint density at radius 3 is 3.16 bits per heavy atom. The quantitative estimate of drug-likeness (QED) is 0.861. The number of hydrogen-bond acceptors (Lipinski definition) is 5. The van der Waals surface area contributed by atoms with Crippen molar-refractivity contribution in [2.24, 2.45) is 5.92 Å². The first-order valence-electron chi connectivity index (χ1n) is 8.59. The first-order chi connectivity index (χ1) is 12.2. The Bertz CT molecular complexity index is 769. The molecule has 1 saturated heterocycles. The molecule has 1 aliphatic rings. The Balaban J connectivity index is 1.68. The Hall–Kier alpha value is -2.48. The summed E-state index contributed by atoms with van der Waals surface area (Å²) in [5.41, 5.74) is 0.996. The molecule has 2 aromatic heterocycles. The summed E-state index contributed by atoms with van der Waals surface area (Å²) in [7, 11) is 0. The number of hydrogen-bond donors (Lipinski definition) is 1. The maximum absolute atomic E-state index is 12.7. The molecule has 0 aromatic carbocycles. The summed E-state index contributed by atoms with van der Waals surface area (Å²) in [5.74, 6) is 0.0164. The number of aryl methyl sites for hydroxylation is 1. The van der Waals surface area contributed by atoms with Crippen LogP contribution >= 0.6 is 0 Å². The van der Waals surface area contributed by atoms with Gasteiger partial charge in [0.2, 0.25) is 0 Å². The highest BCUT2D eigenvalue weighted by Crippen LogP contribution is 2.14. The normalized spacial score (nSPS) is 18.1. The average molecular weight is 345 g/mol. The third-order valence-corrected chi connectivity index (χ3v) is 4.17. The molecule has 2 aromatic rings. The number of rotatable bonds is 5. The molecular weight excluding hydrogens is 322 g/mol. The van der Waals surface area contributed by atoms with Crippen LogP contribution in [0.25, 0.3) is 0 Å². The maximum atomic E-state index is 12.7. The summed E-state index contributed by atoms with van der Waals surface area (Å²) in [6.45, 7) is 5.02. The summed E-state index contributed by atoms with van der Waals surface area (Å²) >= 11 is 0. The van der Waals surface area contributed by atoms with Gasteiger partial charge < -0.3 is 14.6 Å². The van der Waals surface area contributed by atoms with E-state index in [1.807, 2.05) is 6.20 Å². The average Bonchev–Trinajstić information content (AvgIpc) is 2.93. The molecule has 0 aliphatic carbocycles. The molecule has 0 saturated carbocycles. The van der Waals surface area contributed by atoms with E-state index in [9.17, 15) is 9.59 Å². The van der Waals surface area contributed by atoms with Crippen molar-refractivity contribution in [3.63, 3.8) is 0 Å². The molecule has 25 heavy (non-hydrogen) atoms. The van der Waals surface area contributed by atoms with Crippen LogP contribution in [0.3, 0.4) is 0 Å². The zero-order chi connectivity index (χ0) is 17.6. The summed E-state index contributed by atoms with van der Waals surface area (Å²) in [6, 6.07) is 3.25. The van der Waals surface area contributed by atoms with Crippen LogP contribution in [0.15, 0.2) is 29.5 Å². The lowest BCUT2D eigenvalue weighted by atomic mass is 10.0. The van der Waals surface area contributed by atoms with Crippen molar-refractivity contribution in [1.29, 1.82) is 0 Å². The molecule has 0 bridgehead atoms. The van der Waals surface area contributed by atoms with Crippen molar-refractivity contribution in [2.75, 3.05) is 26.3 Å². The van der Waals surface area contributed by atoms with Gasteiger partial charge in [-0.1, -0.05) is 6.92 Å². The Labute approximate surface area is 145 Å². The van der Waals surface area contributed by atoms with E-state index in [0.717, 1.165) is 13.0 Å². The van der Waals surface area contributed by atoms with Gasteiger partial charge in [0.05, 0.1) is 19.5 Å². The molecule has 3 rings (SSSR count). The van der Waals surface area contributed by atoms with Crippen molar-refractivity contribution in [2.45, 2.75) is 26.3 Å². The largest absolute Gasteiger partial charge is 0.379 e. The molecule has 8 heteroatoms. The highest BCUT2D eigenvalue weighted by molar-refractivity contribution is 5.92.